The maximum absolute atomic E-state index is 11.5. The van der Waals surface area contributed by atoms with Gasteiger partial charge < -0.3 is 5.73 Å². The van der Waals surface area contributed by atoms with Crippen LogP contribution in [-0.4, -0.2) is 21.5 Å². The molecule has 0 bridgehead atoms. The Morgan fingerprint density at radius 2 is 2.29 bits per heavy atom. The van der Waals surface area contributed by atoms with Crippen LogP contribution in [0.5, 0.6) is 0 Å². The van der Waals surface area contributed by atoms with Gasteiger partial charge in [-0.15, -0.1) is 11.3 Å². The molecule has 0 aliphatic rings. The SMILES string of the molecule is Cc1cc(S(=O)(=O)NCCN)sc1Cl. The van der Waals surface area contributed by atoms with E-state index in [0.29, 0.717) is 4.34 Å². The summed E-state index contributed by atoms with van der Waals surface area (Å²) in [5, 5.41) is 0. The molecule has 1 aromatic heterocycles. The highest BCUT2D eigenvalue weighted by Crippen LogP contribution is 2.29. The van der Waals surface area contributed by atoms with Crippen LogP contribution in [0.4, 0.5) is 0 Å². The summed E-state index contributed by atoms with van der Waals surface area (Å²) in [6, 6.07) is 1.55. The van der Waals surface area contributed by atoms with Crippen molar-refractivity contribution in [2.45, 2.75) is 11.1 Å². The smallest absolute Gasteiger partial charge is 0.250 e. The van der Waals surface area contributed by atoms with E-state index < -0.39 is 10.0 Å². The van der Waals surface area contributed by atoms with Crippen LogP contribution in [0.25, 0.3) is 0 Å². The first-order valence-corrected chi connectivity index (χ1v) is 6.61. The first-order valence-electron chi connectivity index (χ1n) is 3.93. The molecule has 0 radical (unpaired) electrons. The maximum Gasteiger partial charge on any atom is 0.250 e. The molecule has 80 valence electrons. The molecule has 7 heteroatoms. The van der Waals surface area contributed by atoms with Gasteiger partial charge in [-0.25, -0.2) is 13.1 Å². The first-order chi connectivity index (χ1) is 6.47. The number of nitrogens with two attached hydrogens (primary N) is 1. The molecular weight excluding hydrogens is 244 g/mol. The van der Waals surface area contributed by atoms with Gasteiger partial charge in [0.2, 0.25) is 10.0 Å². The summed E-state index contributed by atoms with van der Waals surface area (Å²) in [7, 11) is -3.42. The predicted molar refractivity (Wildman–Crippen MR) is 58.3 cm³/mol. The van der Waals surface area contributed by atoms with Crippen molar-refractivity contribution in [3.05, 3.63) is 16.0 Å². The average molecular weight is 255 g/mol. The molecular formula is C7H11ClN2O2S2. The molecule has 0 atom stereocenters. The van der Waals surface area contributed by atoms with Crippen LogP contribution in [0.1, 0.15) is 5.56 Å². The lowest BCUT2D eigenvalue weighted by atomic mass is 10.4. The van der Waals surface area contributed by atoms with E-state index in [4.69, 9.17) is 17.3 Å². The molecule has 1 aromatic rings. The lowest BCUT2D eigenvalue weighted by Crippen LogP contribution is -2.28. The Bertz CT molecular complexity index is 394. The van der Waals surface area contributed by atoms with Gasteiger partial charge in [-0.2, -0.15) is 0 Å². The van der Waals surface area contributed by atoms with E-state index in [-0.39, 0.29) is 17.3 Å². The maximum atomic E-state index is 11.5. The van der Waals surface area contributed by atoms with Crippen LogP contribution in [0.3, 0.4) is 0 Å². The number of nitrogens with one attached hydrogen (secondary N) is 1. The normalized spacial score (nSPS) is 11.9. The molecule has 0 saturated heterocycles. The Morgan fingerprint density at radius 3 is 2.71 bits per heavy atom. The second kappa shape index (κ2) is 4.59. The summed E-state index contributed by atoms with van der Waals surface area (Å²) >= 11 is 6.82. The van der Waals surface area contributed by atoms with E-state index in [1.165, 1.54) is 0 Å². The Morgan fingerprint density at radius 1 is 1.64 bits per heavy atom. The van der Waals surface area contributed by atoms with Crippen molar-refractivity contribution in [1.29, 1.82) is 0 Å². The predicted octanol–water partition coefficient (Wildman–Crippen LogP) is 0.947. The van der Waals surface area contributed by atoms with Gasteiger partial charge in [0.25, 0.3) is 0 Å². The van der Waals surface area contributed by atoms with Crippen molar-refractivity contribution in [2.24, 2.45) is 5.73 Å². The second-order valence-corrected chi connectivity index (χ2v) is 6.36. The van der Waals surface area contributed by atoms with Gasteiger partial charge in [0.05, 0.1) is 4.34 Å². The first kappa shape index (κ1) is 11.9. The van der Waals surface area contributed by atoms with Gasteiger partial charge in [0.15, 0.2) is 0 Å². The lowest BCUT2D eigenvalue weighted by molar-refractivity contribution is 0.584. The third-order valence-electron chi connectivity index (χ3n) is 1.54. The van der Waals surface area contributed by atoms with Crippen LogP contribution in [0.15, 0.2) is 10.3 Å². The average Bonchev–Trinajstić information content (AvgIpc) is 2.45. The lowest BCUT2D eigenvalue weighted by Gasteiger charge is -2.01. The van der Waals surface area contributed by atoms with Gasteiger partial charge in [-0.3, -0.25) is 0 Å². The fourth-order valence-electron chi connectivity index (χ4n) is 0.829. The van der Waals surface area contributed by atoms with Gasteiger partial charge >= 0.3 is 0 Å². The number of halogens is 1. The summed E-state index contributed by atoms with van der Waals surface area (Å²) in [4.78, 5) is 0. The van der Waals surface area contributed by atoms with E-state index in [0.717, 1.165) is 16.9 Å². The zero-order valence-corrected chi connectivity index (χ0v) is 9.97. The number of sulfonamides is 1. The molecule has 0 fully saturated rings. The van der Waals surface area contributed by atoms with Crippen LogP contribution < -0.4 is 10.5 Å². The largest absolute Gasteiger partial charge is 0.329 e. The number of aryl methyl sites for hydroxylation is 1. The minimum absolute atomic E-state index is 0.230. The van der Waals surface area contributed by atoms with E-state index in [1.807, 2.05) is 0 Å². The third kappa shape index (κ3) is 2.68. The highest BCUT2D eigenvalue weighted by molar-refractivity contribution is 7.91. The topological polar surface area (TPSA) is 72.2 Å². The van der Waals surface area contributed by atoms with Crippen molar-refractivity contribution in [1.82, 2.24) is 4.72 Å². The number of hydrogen-bond acceptors (Lipinski definition) is 4. The zero-order valence-electron chi connectivity index (χ0n) is 7.58. The quantitative estimate of drug-likeness (QED) is 0.840. The van der Waals surface area contributed by atoms with Gasteiger partial charge in [-0.1, -0.05) is 11.6 Å². The summed E-state index contributed by atoms with van der Waals surface area (Å²) in [5.41, 5.74) is 5.97. The molecule has 0 amide bonds. The Labute approximate surface area is 92.1 Å². The summed E-state index contributed by atoms with van der Waals surface area (Å²) in [5.74, 6) is 0. The van der Waals surface area contributed by atoms with Crippen molar-refractivity contribution in [3.8, 4) is 0 Å². The van der Waals surface area contributed by atoms with Gasteiger partial charge in [0.1, 0.15) is 4.21 Å². The Hall–Kier alpha value is -0.140. The molecule has 0 saturated carbocycles. The molecule has 14 heavy (non-hydrogen) atoms. The zero-order chi connectivity index (χ0) is 10.8. The van der Waals surface area contributed by atoms with E-state index in [9.17, 15) is 8.42 Å². The molecule has 0 unspecified atom stereocenters. The monoisotopic (exact) mass is 254 g/mol. The molecule has 3 N–H and O–H groups in total. The minimum atomic E-state index is -3.42. The number of thiophene rings is 1. The van der Waals surface area contributed by atoms with Crippen LogP contribution in [0.2, 0.25) is 4.34 Å². The van der Waals surface area contributed by atoms with Gasteiger partial charge in [-0.05, 0) is 18.6 Å². The standard InChI is InChI=1S/C7H11ClN2O2S2/c1-5-4-6(13-7(5)8)14(11,12)10-3-2-9/h4,10H,2-3,9H2,1H3. The molecule has 1 rings (SSSR count). The summed E-state index contributed by atoms with van der Waals surface area (Å²) in [6.45, 7) is 2.27. The van der Waals surface area contributed by atoms with Crippen molar-refractivity contribution in [3.63, 3.8) is 0 Å². The van der Waals surface area contributed by atoms with Crippen LogP contribution in [-0.2, 0) is 10.0 Å². The minimum Gasteiger partial charge on any atom is -0.329 e. The van der Waals surface area contributed by atoms with Crippen molar-refractivity contribution in [2.75, 3.05) is 13.1 Å². The Kier molecular flexibility index (Phi) is 3.91. The van der Waals surface area contributed by atoms with Crippen molar-refractivity contribution >= 4 is 33.0 Å². The number of hydrogen-bond donors (Lipinski definition) is 2. The number of rotatable bonds is 4. The molecule has 4 nitrogen and oxygen atoms in total. The highest BCUT2D eigenvalue weighted by atomic mass is 35.5. The molecule has 0 aliphatic carbocycles. The van der Waals surface area contributed by atoms with E-state index in [2.05, 4.69) is 4.72 Å². The molecule has 0 spiro atoms. The molecule has 0 aliphatic heterocycles. The summed E-state index contributed by atoms with van der Waals surface area (Å²) in [6.07, 6.45) is 0. The fraction of sp³-hybridized carbons (Fsp3) is 0.429. The van der Waals surface area contributed by atoms with E-state index >= 15 is 0 Å². The Balaban J connectivity index is 2.93. The molecule has 1 heterocycles. The van der Waals surface area contributed by atoms with E-state index in [1.54, 1.807) is 13.0 Å². The van der Waals surface area contributed by atoms with Crippen LogP contribution >= 0.6 is 22.9 Å². The van der Waals surface area contributed by atoms with Crippen LogP contribution in [0, 0.1) is 6.92 Å². The van der Waals surface area contributed by atoms with Gasteiger partial charge in [0, 0.05) is 13.1 Å². The third-order valence-corrected chi connectivity index (χ3v) is 5.03. The van der Waals surface area contributed by atoms with Crippen molar-refractivity contribution < 1.29 is 8.42 Å². The second-order valence-electron chi connectivity index (χ2n) is 2.71. The summed E-state index contributed by atoms with van der Waals surface area (Å²) < 4.78 is 26.2. The molecule has 0 aromatic carbocycles. The fourth-order valence-corrected chi connectivity index (χ4v) is 3.63. The highest BCUT2D eigenvalue weighted by Gasteiger charge is 2.17.